The van der Waals surface area contributed by atoms with Gasteiger partial charge in [0, 0.05) is 84.5 Å². The van der Waals surface area contributed by atoms with Crippen LogP contribution in [0.3, 0.4) is 0 Å². The number of nitrogens with zero attached hydrogens (tertiary/aromatic N) is 4. The third-order valence-electron chi connectivity index (χ3n) is 9.33. The van der Waals surface area contributed by atoms with Gasteiger partial charge in [0.1, 0.15) is 22.9 Å². The van der Waals surface area contributed by atoms with Crippen LogP contribution in [-0.4, -0.2) is 74.9 Å². The minimum atomic E-state index is -0.362. The van der Waals surface area contributed by atoms with E-state index in [-0.39, 0.29) is 23.2 Å². The highest BCUT2D eigenvalue weighted by atomic mass is 16.5. The van der Waals surface area contributed by atoms with Crippen molar-refractivity contribution in [1.29, 1.82) is 0 Å². The van der Waals surface area contributed by atoms with Gasteiger partial charge >= 0.3 is 0 Å². The summed E-state index contributed by atoms with van der Waals surface area (Å²) in [6.07, 6.45) is 9.05. The van der Waals surface area contributed by atoms with Gasteiger partial charge in [-0.2, -0.15) is 0 Å². The molecule has 2 aromatic heterocycles. The summed E-state index contributed by atoms with van der Waals surface area (Å²) in [5.41, 5.74) is 6.86. The molecule has 0 bridgehead atoms. The highest BCUT2D eigenvalue weighted by Crippen LogP contribution is 2.34. The zero-order valence-corrected chi connectivity index (χ0v) is 30.0. The number of rotatable bonds is 13. The van der Waals surface area contributed by atoms with Gasteiger partial charge in [-0.1, -0.05) is 24.3 Å². The molecular formula is C40H44N6O6. The van der Waals surface area contributed by atoms with Gasteiger partial charge in [0.05, 0.1) is 40.5 Å². The maximum Gasteiger partial charge on any atom is 0.274 e. The molecule has 2 atom stereocenters. The number of amides is 2. The lowest BCUT2D eigenvalue weighted by Crippen LogP contribution is -2.16. The van der Waals surface area contributed by atoms with Crippen molar-refractivity contribution in [3.05, 3.63) is 94.6 Å². The smallest absolute Gasteiger partial charge is 0.274 e. The lowest BCUT2D eigenvalue weighted by Gasteiger charge is -2.17. The van der Waals surface area contributed by atoms with Crippen molar-refractivity contribution in [2.75, 3.05) is 51.3 Å². The fraction of sp³-hybridized carbons (Fsp3) is 0.350. The molecule has 2 amide bonds. The van der Waals surface area contributed by atoms with E-state index in [0.29, 0.717) is 61.0 Å². The molecule has 2 fully saturated rings. The Morgan fingerprint density at radius 1 is 0.750 bits per heavy atom. The van der Waals surface area contributed by atoms with Crippen molar-refractivity contribution in [1.82, 2.24) is 9.97 Å². The zero-order valence-electron chi connectivity index (χ0n) is 30.0. The molecule has 2 aliphatic heterocycles. The van der Waals surface area contributed by atoms with Crippen LogP contribution in [0.5, 0.6) is 11.5 Å². The molecule has 4 aromatic rings. The molecule has 2 N–H and O–H groups in total. The highest BCUT2D eigenvalue weighted by molar-refractivity contribution is 6.05. The number of benzene rings is 2. The Balaban J connectivity index is 1.14. The second-order valence-corrected chi connectivity index (χ2v) is 12.9. The second-order valence-electron chi connectivity index (χ2n) is 12.9. The maximum atomic E-state index is 13.4. The average molecular weight is 705 g/mol. The van der Waals surface area contributed by atoms with Crippen molar-refractivity contribution in [2.45, 2.75) is 39.8 Å². The molecule has 270 valence electrons. The van der Waals surface area contributed by atoms with E-state index in [1.54, 1.807) is 38.7 Å². The van der Waals surface area contributed by atoms with Gasteiger partial charge in [-0.05, 0) is 61.1 Å². The summed E-state index contributed by atoms with van der Waals surface area (Å²) in [6.45, 7) is 7.60. The molecule has 0 spiro atoms. The Hall–Kier alpha value is -5.46. The predicted molar refractivity (Wildman–Crippen MR) is 201 cm³/mol. The third kappa shape index (κ3) is 8.70. The van der Waals surface area contributed by atoms with Gasteiger partial charge in [-0.3, -0.25) is 29.5 Å². The summed E-state index contributed by atoms with van der Waals surface area (Å²) < 4.78 is 22.0. The molecule has 2 saturated heterocycles. The molecule has 52 heavy (non-hydrogen) atoms. The summed E-state index contributed by atoms with van der Waals surface area (Å²) in [7, 11) is 3.13. The fourth-order valence-electron chi connectivity index (χ4n) is 6.24. The van der Waals surface area contributed by atoms with Gasteiger partial charge < -0.3 is 29.6 Å². The Bertz CT molecular complexity index is 1830. The van der Waals surface area contributed by atoms with E-state index in [0.717, 1.165) is 59.4 Å². The number of hydrogen-bond donors (Lipinski definition) is 2. The molecule has 2 unspecified atom stereocenters. The van der Waals surface area contributed by atoms with Crippen LogP contribution in [0.25, 0.3) is 11.1 Å². The first-order valence-electron chi connectivity index (χ1n) is 17.4. The molecule has 6 rings (SSSR count). The summed E-state index contributed by atoms with van der Waals surface area (Å²) in [5, 5.41) is 6.03. The molecule has 2 aromatic carbocycles. The Morgan fingerprint density at radius 3 is 1.58 bits per heavy atom. The molecule has 12 heteroatoms. The summed E-state index contributed by atoms with van der Waals surface area (Å²) >= 11 is 0. The SMILES string of the molecule is COc1cc(C(=O)Nc2cccc(-c3cccc(NC(=O)c4cc(OC)c(C/N=C/C5CCOC5)cn4)c3C)c2C)ncc1C/N=C/C1CCOC1. The van der Waals surface area contributed by atoms with E-state index in [1.165, 1.54) is 0 Å². The first-order chi connectivity index (χ1) is 25.3. The number of nitrogens with one attached hydrogen (secondary N) is 2. The summed E-state index contributed by atoms with van der Waals surface area (Å²) in [6, 6.07) is 14.7. The predicted octanol–water partition coefficient (Wildman–Crippen LogP) is 6.50. The number of methoxy groups -OCH3 is 2. The first kappa shape index (κ1) is 36.3. The number of ether oxygens (including phenoxy) is 4. The van der Waals surface area contributed by atoms with Crippen LogP contribution in [0.4, 0.5) is 11.4 Å². The van der Waals surface area contributed by atoms with Crippen molar-refractivity contribution in [3.8, 4) is 22.6 Å². The molecule has 12 nitrogen and oxygen atoms in total. The fourth-order valence-corrected chi connectivity index (χ4v) is 6.24. The number of pyridine rings is 2. The molecule has 0 radical (unpaired) electrons. The van der Waals surface area contributed by atoms with Crippen molar-refractivity contribution < 1.29 is 28.5 Å². The lowest BCUT2D eigenvalue weighted by molar-refractivity contribution is 0.101. The Kier molecular flexibility index (Phi) is 12.0. The van der Waals surface area contributed by atoms with Crippen LogP contribution in [0, 0.1) is 25.7 Å². The van der Waals surface area contributed by atoms with Gasteiger partial charge in [0.15, 0.2) is 0 Å². The molecule has 0 saturated carbocycles. The van der Waals surface area contributed by atoms with Crippen LogP contribution in [0.1, 0.15) is 56.1 Å². The monoisotopic (exact) mass is 704 g/mol. The standard InChI is InChI=1S/C40H44N6O6/c1-25-31(7-5-9-33(25)45-39(47)35-15-37(49-3)29(21-43-35)19-41-17-27-11-13-51-23-27)32-8-6-10-34(26(32)2)46-40(48)36-16-38(50-4)30(22-44-36)20-42-18-28-12-14-52-24-28/h5-10,15-18,21-22,27-28H,11-14,19-20,23-24H2,1-4H3,(H,45,47)(H,46,48)/b41-17+,42-18+. The van der Waals surface area contributed by atoms with Crippen LogP contribution < -0.4 is 20.1 Å². The normalized spacial score (nSPS) is 17.2. The van der Waals surface area contributed by atoms with Gasteiger partial charge in [0.2, 0.25) is 0 Å². The highest BCUT2D eigenvalue weighted by Gasteiger charge is 2.19. The lowest BCUT2D eigenvalue weighted by atomic mass is 9.94. The molecule has 2 aliphatic rings. The number of aromatic nitrogens is 2. The molecule has 4 heterocycles. The minimum Gasteiger partial charge on any atom is -0.496 e. The number of aliphatic imine (C=N–C) groups is 2. The van der Waals surface area contributed by atoms with Crippen LogP contribution in [0.15, 0.2) is 70.9 Å². The van der Waals surface area contributed by atoms with Crippen molar-refractivity contribution in [2.24, 2.45) is 21.8 Å². The van der Waals surface area contributed by atoms with E-state index in [1.807, 2.05) is 62.7 Å². The van der Waals surface area contributed by atoms with Gasteiger partial charge in [-0.25, -0.2) is 0 Å². The average Bonchev–Trinajstić information content (AvgIpc) is 3.89. The van der Waals surface area contributed by atoms with Gasteiger partial charge in [-0.15, -0.1) is 0 Å². The van der Waals surface area contributed by atoms with Crippen LogP contribution in [0.2, 0.25) is 0 Å². The number of hydrogen-bond acceptors (Lipinski definition) is 10. The largest absolute Gasteiger partial charge is 0.496 e. The number of carbonyl (C=O) groups is 2. The van der Waals surface area contributed by atoms with Crippen molar-refractivity contribution >= 4 is 35.6 Å². The van der Waals surface area contributed by atoms with Gasteiger partial charge in [0.25, 0.3) is 11.8 Å². The number of carbonyl (C=O) groups excluding carboxylic acids is 2. The van der Waals surface area contributed by atoms with Crippen LogP contribution in [-0.2, 0) is 22.6 Å². The number of anilines is 2. The molecule has 0 aliphatic carbocycles. The van der Waals surface area contributed by atoms with E-state index in [2.05, 4.69) is 30.6 Å². The first-order valence-corrected chi connectivity index (χ1v) is 17.4. The van der Waals surface area contributed by atoms with Crippen LogP contribution >= 0.6 is 0 Å². The maximum absolute atomic E-state index is 13.4. The minimum absolute atomic E-state index is 0.227. The third-order valence-corrected chi connectivity index (χ3v) is 9.33. The summed E-state index contributed by atoms with van der Waals surface area (Å²) in [4.78, 5) is 44.7. The Morgan fingerprint density at radius 2 is 1.19 bits per heavy atom. The topological polar surface area (TPSA) is 146 Å². The van der Waals surface area contributed by atoms with E-state index >= 15 is 0 Å². The second kappa shape index (κ2) is 17.2. The van der Waals surface area contributed by atoms with Crippen molar-refractivity contribution in [3.63, 3.8) is 0 Å². The van der Waals surface area contributed by atoms with E-state index in [4.69, 9.17) is 18.9 Å². The summed E-state index contributed by atoms with van der Waals surface area (Å²) in [5.74, 6) is 1.02. The van der Waals surface area contributed by atoms with E-state index < -0.39 is 0 Å². The van der Waals surface area contributed by atoms with E-state index in [9.17, 15) is 9.59 Å². The molecular weight excluding hydrogens is 660 g/mol. The Labute approximate surface area is 303 Å². The zero-order chi connectivity index (χ0) is 36.5. The quantitative estimate of drug-likeness (QED) is 0.150.